The molecule has 1 aliphatic rings. The lowest BCUT2D eigenvalue weighted by Crippen LogP contribution is -2.54. The van der Waals surface area contributed by atoms with Crippen molar-refractivity contribution >= 4 is 29.0 Å². The Bertz CT molecular complexity index is 860. The molecular weight excluding hydrogens is 399 g/mol. The number of rotatable bonds is 7. The predicted molar refractivity (Wildman–Crippen MR) is 113 cm³/mol. The first-order chi connectivity index (χ1) is 13.5. The van der Waals surface area contributed by atoms with Crippen molar-refractivity contribution in [1.82, 2.24) is 15.6 Å². The molecule has 0 spiro atoms. The molecule has 0 aliphatic carbocycles. The number of ether oxygens (including phenoxy) is 1. The molecule has 8 heteroatoms. The summed E-state index contributed by atoms with van der Waals surface area (Å²) in [7, 11) is 3.57. The summed E-state index contributed by atoms with van der Waals surface area (Å²) in [6, 6.07) is 11.5. The number of benzene rings is 2. The number of methoxy groups -OCH3 is 1. The van der Waals surface area contributed by atoms with Crippen LogP contribution in [0.1, 0.15) is 23.1 Å². The summed E-state index contributed by atoms with van der Waals surface area (Å²) in [5, 5.41) is 14.4. The van der Waals surface area contributed by atoms with Crippen LogP contribution in [-0.4, -0.2) is 48.4 Å². The summed E-state index contributed by atoms with van der Waals surface area (Å²) >= 11 is 12.4. The third kappa shape index (κ3) is 4.96. The molecule has 0 saturated carbocycles. The SMILES string of the molecule is COc1ccc(CN=C2NN(N(C)CCCO)Cc3ccc(Cl)cc32)cc1Cl. The second-order valence-electron chi connectivity index (χ2n) is 6.56. The number of nitrogens with zero attached hydrogens (tertiary/aromatic N) is 3. The molecule has 2 N–H and O–H groups in total. The van der Waals surface area contributed by atoms with Crippen molar-refractivity contribution < 1.29 is 9.84 Å². The summed E-state index contributed by atoms with van der Waals surface area (Å²) in [5.74, 6) is 1.38. The van der Waals surface area contributed by atoms with Crippen molar-refractivity contribution in [3.05, 3.63) is 63.1 Å². The van der Waals surface area contributed by atoms with E-state index in [1.807, 2.05) is 53.6 Å². The van der Waals surface area contributed by atoms with Crippen LogP contribution >= 0.6 is 23.2 Å². The zero-order valence-corrected chi connectivity index (χ0v) is 17.5. The Kier molecular flexibility index (Phi) is 7.15. The molecule has 1 heterocycles. The number of aliphatic imine (C=N–C) groups is 1. The molecule has 1 aliphatic heterocycles. The summed E-state index contributed by atoms with van der Waals surface area (Å²) in [5.41, 5.74) is 6.46. The van der Waals surface area contributed by atoms with Gasteiger partial charge in [0.05, 0.1) is 25.2 Å². The number of nitrogens with one attached hydrogen (secondary N) is 1. The summed E-state index contributed by atoms with van der Waals surface area (Å²) in [4.78, 5) is 4.78. The van der Waals surface area contributed by atoms with E-state index in [1.54, 1.807) is 7.11 Å². The normalized spacial score (nSPS) is 15.6. The highest BCUT2D eigenvalue weighted by Crippen LogP contribution is 2.26. The fourth-order valence-corrected chi connectivity index (χ4v) is 3.47. The van der Waals surface area contributed by atoms with Crippen LogP contribution in [0.2, 0.25) is 10.0 Å². The quantitative estimate of drug-likeness (QED) is 0.714. The van der Waals surface area contributed by atoms with Crippen LogP contribution in [-0.2, 0) is 13.1 Å². The first kappa shape index (κ1) is 20.9. The molecule has 2 aromatic rings. The zero-order chi connectivity index (χ0) is 20.1. The van der Waals surface area contributed by atoms with Crippen molar-refractivity contribution in [2.45, 2.75) is 19.5 Å². The number of hydrogen-bond donors (Lipinski definition) is 2. The topological polar surface area (TPSA) is 60.3 Å². The van der Waals surface area contributed by atoms with Gasteiger partial charge < -0.3 is 9.84 Å². The minimum absolute atomic E-state index is 0.156. The fourth-order valence-electron chi connectivity index (χ4n) is 3.02. The molecule has 150 valence electrons. The number of aliphatic hydroxyl groups excluding tert-OH is 1. The van der Waals surface area contributed by atoms with Gasteiger partial charge in [0.25, 0.3) is 0 Å². The van der Waals surface area contributed by atoms with E-state index in [-0.39, 0.29) is 6.61 Å². The highest BCUT2D eigenvalue weighted by atomic mass is 35.5. The third-order valence-electron chi connectivity index (χ3n) is 4.57. The Balaban J connectivity index is 1.85. The van der Waals surface area contributed by atoms with Crippen molar-refractivity contribution in [3.8, 4) is 5.75 Å². The lowest BCUT2D eigenvalue weighted by molar-refractivity contribution is -0.0422. The molecule has 2 aromatic carbocycles. The summed E-state index contributed by atoms with van der Waals surface area (Å²) in [6.45, 7) is 2.03. The molecule has 28 heavy (non-hydrogen) atoms. The molecule has 0 aromatic heterocycles. The number of hydrogen-bond acceptors (Lipinski definition) is 5. The lowest BCUT2D eigenvalue weighted by Gasteiger charge is -2.37. The average Bonchev–Trinajstić information content (AvgIpc) is 2.70. The number of aliphatic hydroxyl groups is 1. The van der Waals surface area contributed by atoms with E-state index in [9.17, 15) is 0 Å². The van der Waals surface area contributed by atoms with E-state index in [0.29, 0.717) is 35.3 Å². The van der Waals surface area contributed by atoms with Gasteiger partial charge in [-0.2, -0.15) is 5.12 Å². The Morgan fingerprint density at radius 3 is 2.79 bits per heavy atom. The van der Waals surface area contributed by atoms with Gasteiger partial charge in [0.2, 0.25) is 0 Å². The third-order valence-corrected chi connectivity index (χ3v) is 5.10. The van der Waals surface area contributed by atoms with Gasteiger partial charge in [-0.15, -0.1) is 0 Å². The number of fused-ring (bicyclic) bond motifs is 1. The van der Waals surface area contributed by atoms with Crippen LogP contribution in [0.15, 0.2) is 41.4 Å². The maximum absolute atomic E-state index is 9.10. The largest absolute Gasteiger partial charge is 0.495 e. The Hall–Kier alpha value is -1.83. The van der Waals surface area contributed by atoms with Crippen LogP contribution in [0.3, 0.4) is 0 Å². The van der Waals surface area contributed by atoms with Crippen LogP contribution in [0.5, 0.6) is 5.75 Å². The van der Waals surface area contributed by atoms with Gasteiger partial charge in [-0.05, 0) is 41.8 Å². The molecule has 0 amide bonds. The van der Waals surface area contributed by atoms with Crippen LogP contribution in [0.25, 0.3) is 0 Å². The number of amidine groups is 1. The highest BCUT2D eigenvalue weighted by Gasteiger charge is 2.23. The van der Waals surface area contributed by atoms with E-state index in [1.165, 1.54) is 0 Å². The smallest absolute Gasteiger partial charge is 0.144 e. The van der Waals surface area contributed by atoms with Crippen LogP contribution in [0.4, 0.5) is 0 Å². The first-order valence-electron chi connectivity index (χ1n) is 9.03. The van der Waals surface area contributed by atoms with Gasteiger partial charge in [0.15, 0.2) is 0 Å². The highest BCUT2D eigenvalue weighted by molar-refractivity contribution is 6.32. The second kappa shape index (κ2) is 9.58. The number of hydrazine groups is 2. The van der Waals surface area contributed by atoms with Gasteiger partial charge in [0.1, 0.15) is 11.6 Å². The summed E-state index contributed by atoms with van der Waals surface area (Å²) in [6.07, 6.45) is 0.693. The van der Waals surface area contributed by atoms with E-state index >= 15 is 0 Å². The maximum Gasteiger partial charge on any atom is 0.144 e. The first-order valence-corrected chi connectivity index (χ1v) is 9.79. The monoisotopic (exact) mass is 422 g/mol. The molecule has 0 radical (unpaired) electrons. The second-order valence-corrected chi connectivity index (χ2v) is 7.41. The van der Waals surface area contributed by atoms with Crippen molar-refractivity contribution in [2.75, 3.05) is 27.3 Å². The average molecular weight is 423 g/mol. The van der Waals surface area contributed by atoms with Crippen molar-refractivity contribution in [3.63, 3.8) is 0 Å². The van der Waals surface area contributed by atoms with Crippen molar-refractivity contribution in [1.29, 1.82) is 0 Å². The molecule has 0 saturated heterocycles. The van der Waals surface area contributed by atoms with Crippen LogP contribution in [0, 0.1) is 0 Å². The zero-order valence-electron chi connectivity index (χ0n) is 16.0. The Morgan fingerprint density at radius 1 is 1.25 bits per heavy atom. The Labute approximate surface area is 175 Å². The lowest BCUT2D eigenvalue weighted by atomic mass is 10.0. The number of halogens is 2. The van der Waals surface area contributed by atoms with Gasteiger partial charge >= 0.3 is 0 Å². The van der Waals surface area contributed by atoms with E-state index < -0.39 is 0 Å². The minimum atomic E-state index is 0.156. The van der Waals surface area contributed by atoms with Gasteiger partial charge in [-0.1, -0.05) is 35.3 Å². The Morgan fingerprint density at radius 2 is 2.07 bits per heavy atom. The minimum Gasteiger partial charge on any atom is -0.495 e. The maximum atomic E-state index is 9.10. The summed E-state index contributed by atoms with van der Waals surface area (Å²) < 4.78 is 5.20. The van der Waals surface area contributed by atoms with Gasteiger partial charge in [-0.25, -0.2) is 5.01 Å². The molecule has 0 fully saturated rings. The van der Waals surface area contributed by atoms with Crippen molar-refractivity contribution in [2.24, 2.45) is 4.99 Å². The molecule has 0 atom stereocenters. The van der Waals surface area contributed by atoms with Gasteiger partial charge in [-0.3, -0.25) is 10.4 Å². The van der Waals surface area contributed by atoms with Gasteiger partial charge in [0, 0.05) is 30.8 Å². The predicted octanol–water partition coefficient (Wildman–Crippen LogP) is 3.50. The van der Waals surface area contributed by atoms with E-state index in [4.69, 9.17) is 38.0 Å². The fraction of sp³-hybridized carbons (Fsp3) is 0.350. The standard InChI is InChI=1S/C20H24Cl2N4O2/c1-25(8-3-9-27)26-13-15-5-6-16(21)11-17(15)20(24-26)23-12-14-4-7-19(28-2)18(22)10-14/h4-7,10-11,27H,3,8-9,12-13H2,1-2H3,(H,23,24). The van der Waals surface area contributed by atoms with Crippen LogP contribution < -0.4 is 10.2 Å². The molecule has 6 nitrogen and oxygen atoms in total. The van der Waals surface area contributed by atoms with E-state index in [2.05, 4.69) is 5.43 Å². The molecule has 0 bridgehead atoms. The molecule has 0 unspecified atom stereocenters. The molecule has 3 rings (SSSR count). The van der Waals surface area contributed by atoms with E-state index in [0.717, 1.165) is 29.1 Å². The molecular formula is C20H24Cl2N4O2.